The third-order valence-corrected chi connectivity index (χ3v) is 4.63. The molecule has 3 aromatic rings. The second-order valence-electron chi connectivity index (χ2n) is 6.98. The van der Waals surface area contributed by atoms with Crippen LogP contribution in [0.25, 0.3) is 22.2 Å². The van der Waals surface area contributed by atoms with Crippen molar-refractivity contribution in [1.29, 1.82) is 0 Å². The molecule has 5 heteroatoms. The van der Waals surface area contributed by atoms with Gasteiger partial charge in [-0.05, 0) is 33.3 Å². The van der Waals surface area contributed by atoms with E-state index in [1.54, 1.807) is 0 Å². The largest absolute Gasteiger partial charge is 0.386 e. The molecular formula is C19H25N3O2. The van der Waals surface area contributed by atoms with Crippen molar-refractivity contribution in [3.8, 4) is 11.3 Å². The second kappa shape index (κ2) is 5.76. The van der Waals surface area contributed by atoms with Crippen molar-refractivity contribution in [3.05, 3.63) is 41.3 Å². The van der Waals surface area contributed by atoms with Crippen LogP contribution in [0.1, 0.15) is 43.9 Å². The van der Waals surface area contributed by atoms with Crippen LogP contribution in [0.3, 0.4) is 0 Å². The lowest BCUT2D eigenvalue weighted by Gasteiger charge is -2.27. The summed E-state index contributed by atoms with van der Waals surface area (Å²) in [6.07, 6.45) is -0.0481. The van der Waals surface area contributed by atoms with Gasteiger partial charge < -0.3 is 19.9 Å². The van der Waals surface area contributed by atoms with Crippen LogP contribution in [-0.2, 0) is 13.5 Å². The highest BCUT2D eigenvalue weighted by Gasteiger charge is 2.33. The number of nitrogens with zero attached hydrogens (tertiary/aromatic N) is 2. The quantitative estimate of drug-likeness (QED) is 0.769. The SMILES string of the molecule is CCc1noc(C)c1-c1c(C(O)C(C)(C)N)c2ccccc2n1C. The van der Waals surface area contributed by atoms with Gasteiger partial charge in [-0.15, -0.1) is 0 Å². The van der Waals surface area contributed by atoms with E-state index in [2.05, 4.69) is 9.72 Å². The van der Waals surface area contributed by atoms with Crippen molar-refractivity contribution in [1.82, 2.24) is 9.72 Å². The minimum absolute atomic E-state index is 0.751. The number of benzene rings is 1. The van der Waals surface area contributed by atoms with Gasteiger partial charge in [-0.3, -0.25) is 0 Å². The standard InChI is InChI=1S/C19H25N3O2/c1-6-13-15(11(2)24-21-13)17-16(18(23)19(3,4)20)12-9-7-8-10-14(12)22(17)5/h7-10,18,23H,6,20H2,1-5H3. The van der Waals surface area contributed by atoms with Crippen LogP contribution < -0.4 is 5.73 Å². The normalized spacial score (nSPS) is 13.6. The second-order valence-corrected chi connectivity index (χ2v) is 6.98. The molecule has 0 fully saturated rings. The Kier molecular flexibility index (Phi) is 4.01. The third-order valence-electron chi connectivity index (χ3n) is 4.63. The molecule has 0 spiro atoms. The van der Waals surface area contributed by atoms with Gasteiger partial charge in [0.15, 0.2) is 0 Å². The van der Waals surface area contributed by atoms with E-state index < -0.39 is 11.6 Å². The van der Waals surface area contributed by atoms with Crippen LogP contribution in [0.5, 0.6) is 0 Å². The van der Waals surface area contributed by atoms with Crippen LogP contribution in [0, 0.1) is 6.92 Å². The number of nitrogens with two attached hydrogens (primary N) is 1. The fourth-order valence-electron chi connectivity index (χ4n) is 3.34. The van der Waals surface area contributed by atoms with Crippen molar-refractivity contribution in [2.24, 2.45) is 12.8 Å². The maximum absolute atomic E-state index is 11.0. The number of aromatic nitrogens is 2. The molecule has 0 aliphatic rings. The van der Waals surface area contributed by atoms with Gasteiger partial charge in [0.1, 0.15) is 5.76 Å². The number of aryl methyl sites for hydroxylation is 3. The number of aliphatic hydroxyl groups excluding tert-OH is 1. The summed E-state index contributed by atoms with van der Waals surface area (Å²) in [5, 5.41) is 16.2. The fourth-order valence-corrected chi connectivity index (χ4v) is 3.34. The molecule has 0 aliphatic heterocycles. The summed E-state index contributed by atoms with van der Waals surface area (Å²) in [5.74, 6) is 0.751. The monoisotopic (exact) mass is 327 g/mol. The molecule has 2 heterocycles. The van der Waals surface area contributed by atoms with Gasteiger partial charge in [0.25, 0.3) is 0 Å². The first-order chi connectivity index (χ1) is 11.3. The summed E-state index contributed by atoms with van der Waals surface area (Å²) < 4.78 is 7.53. The Morgan fingerprint density at radius 2 is 2.00 bits per heavy atom. The maximum atomic E-state index is 11.0. The lowest BCUT2D eigenvalue weighted by molar-refractivity contribution is 0.106. The zero-order valence-corrected chi connectivity index (χ0v) is 14.9. The average molecular weight is 327 g/mol. The van der Waals surface area contributed by atoms with E-state index in [9.17, 15) is 5.11 Å². The molecule has 1 aromatic carbocycles. The zero-order chi connectivity index (χ0) is 17.6. The molecule has 0 saturated heterocycles. The minimum Gasteiger partial charge on any atom is -0.386 e. The predicted octanol–water partition coefficient (Wildman–Crippen LogP) is 3.47. The van der Waals surface area contributed by atoms with Crippen LogP contribution in [-0.4, -0.2) is 20.4 Å². The summed E-state index contributed by atoms with van der Waals surface area (Å²) in [6, 6.07) is 8.05. The van der Waals surface area contributed by atoms with E-state index in [1.807, 2.05) is 59.0 Å². The van der Waals surface area contributed by atoms with Gasteiger partial charge in [-0.2, -0.15) is 0 Å². The molecule has 3 N–H and O–H groups in total. The molecule has 0 radical (unpaired) electrons. The molecule has 0 bridgehead atoms. The molecular weight excluding hydrogens is 302 g/mol. The Balaban J connectivity index is 2.43. The van der Waals surface area contributed by atoms with E-state index in [-0.39, 0.29) is 0 Å². The number of para-hydroxylation sites is 1. The Bertz CT molecular complexity index is 884. The van der Waals surface area contributed by atoms with E-state index in [1.165, 1.54) is 0 Å². The molecule has 1 atom stereocenters. The van der Waals surface area contributed by atoms with Crippen LogP contribution in [0.2, 0.25) is 0 Å². The highest BCUT2D eigenvalue weighted by molar-refractivity contribution is 5.93. The first kappa shape index (κ1) is 16.7. The van der Waals surface area contributed by atoms with E-state index in [0.29, 0.717) is 0 Å². The molecule has 2 aromatic heterocycles. The fraction of sp³-hybridized carbons (Fsp3) is 0.421. The average Bonchev–Trinajstić information content (AvgIpc) is 3.03. The molecule has 0 saturated carbocycles. The number of hydrogen-bond donors (Lipinski definition) is 2. The summed E-state index contributed by atoms with van der Waals surface area (Å²) in [5.41, 5.74) is 10.1. The first-order valence-electron chi connectivity index (χ1n) is 8.27. The van der Waals surface area contributed by atoms with Gasteiger partial charge in [0.2, 0.25) is 0 Å². The molecule has 1 unspecified atom stereocenters. The lowest BCUT2D eigenvalue weighted by Crippen LogP contribution is -2.39. The van der Waals surface area contributed by atoms with Crippen LogP contribution in [0.15, 0.2) is 28.8 Å². The highest BCUT2D eigenvalue weighted by Crippen LogP contribution is 2.42. The van der Waals surface area contributed by atoms with Gasteiger partial charge >= 0.3 is 0 Å². The first-order valence-corrected chi connectivity index (χ1v) is 8.27. The Morgan fingerprint density at radius 3 is 2.62 bits per heavy atom. The molecule has 24 heavy (non-hydrogen) atoms. The highest BCUT2D eigenvalue weighted by atomic mass is 16.5. The van der Waals surface area contributed by atoms with Gasteiger partial charge in [0, 0.05) is 29.1 Å². The lowest BCUT2D eigenvalue weighted by atomic mass is 9.88. The topological polar surface area (TPSA) is 77.2 Å². The van der Waals surface area contributed by atoms with Crippen molar-refractivity contribution < 1.29 is 9.63 Å². The van der Waals surface area contributed by atoms with Crippen molar-refractivity contribution in [2.75, 3.05) is 0 Å². The van der Waals surface area contributed by atoms with Crippen LogP contribution >= 0.6 is 0 Å². The van der Waals surface area contributed by atoms with E-state index in [0.717, 1.165) is 45.6 Å². The molecule has 0 amide bonds. The van der Waals surface area contributed by atoms with Crippen LogP contribution in [0.4, 0.5) is 0 Å². The van der Waals surface area contributed by atoms with Gasteiger partial charge in [-0.1, -0.05) is 30.3 Å². The van der Waals surface area contributed by atoms with Gasteiger partial charge in [0.05, 0.1) is 23.1 Å². The number of rotatable bonds is 4. The molecule has 3 rings (SSSR count). The van der Waals surface area contributed by atoms with E-state index >= 15 is 0 Å². The Labute approximate surface area is 142 Å². The number of hydrogen-bond acceptors (Lipinski definition) is 4. The van der Waals surface area contributed by atoms with E-state index in [4.69, 9.17) is 10.3 Å². The smallest absolute Gasteiger partial charge is 0.143 e. The maximum Gasteiger partial charge on any atom is 0.143 e. The minimum atomic E-state index is -0.808. The zero-order valence-electron chi connectivity index (χ0n) is 14.9. The van der Waals surface area contributed by atoms with Crippen molar-refractivity contribution >= 4 is 10.9 Å². The van der Waals surface area contributed by atoms with Gasteiger partial charge in [-0.25, -0.2) is 0 Å². The predicted molar refractivity (Wildman–Crippen MR) is 95.8 cm³/mol. The summed E-state index contributed by atoms with van der Waals surface area (Å²) in [6.45, 7) is 7.63. The molecule has 5 nitrogen and oxygen atoms in total. The number of aliphatic hydroxyl groups is 1. The molecule has 0 aliphatic carbocycles. The van der Waals surface area contributed by atoms with Crippen molar-refractivity contribution in [3.63, 3.8) is 0 Å². The Hall–Kier alpha value is -2.11. The van der Waals surface area contributed by atoms with Crippen molar-refractivity contribution in [2.45, 2.75) is 45.8 Å². The summed E-state index contributed by atoms with van der Waals surface area (Å²) >= 11 is 0. The number of fused-ring (bicyclic) bond motifs is 1. The Morgan fingerprint density at radius 1 is 1.33 bits per heavy atom. The summed E-state index contributed by atoms with van der Waals surface area (Å²) in [7, 11) is 2.00. The third kappa shape index (κ3) is 2.44. The summed E-state index contributed by atoms with van der Waals surface area (Å²) in [4.78, 5) is 0. The molecule has 128 valence electrons.